The summed E-state index contributed by atoms with van der Waals surface area (Å²) in [5.74, 6) is 1.87. The molecule has 0 saturated heterocycles. The van der Waals surface area contributed by atoms with Gasteiger partial charge in [-0.2, -0.15) is 5.10 Å². The Hall–Kier alpha value is -2.44. The standard InChI is InChI=1S/C18H23N5O2/c1-4-25-16(24)18-6-5-12(13(18)9-18)14-7-10(2)19-17(20-14)21-15-8-11(3)22-23-15/h7-8,12-13H,4-6,9H2,1-3H3,(H2,19,20,21,22,23)/t12-,13?,18+/m1/s1. The molecule has 2 heterocycles. The molecular weight excluding hydrogens is 318 g/mol. The molecule has 25 heavy (non-hydrogen) atoms. The number of fused-ring (bicyclic) bond motifs is 1. The van der Waals surface area contributed by atoms with Crippen LogP contribution in [-0.2, 0) is 9.53 Å². The highest BCUT2D eigenvalue weighted by atomic mass is 16.5. The molecule has 2 aromatic rings. The van der Waals surface area contributed by atoms with Gasteiger partial charge in [0.1, 0.15) is 0 Å². The van der Waals surface area contributed by atoms with Crippen LogP contribution < -0.4 is 5.32 Å². The molecule has 0 amide bonds. The van der Waals surface area contributed by atoms with E-state index in [0.717, 1.165) is 36.3 Å². The zero-order chi connectivity index (χ0) is 17.6. The van der Waals surface area contributed by atoms with Crippen molar-refractivity contribution in [2.24, 2.45) is 11.3 Å². The Morgan fingerprint density at radius 2 is 2.24 bits per heavy atom. The van der Waals surface area contributed by atoms with E-state index >= 15 is 0 Å². The molecule has 2 aliphatic rings. The predicted molar refractivity (Wildman–Crippen MR) is 92.5 cm³/mol. The fraction of sp³-hybridized carbons (Fsp3) is 0.556. The number of aromatic nitrogens is 4. The lowest BCUT2D eigenvalue weighted by molar-refractivity contribution is -0.150. The maximum absolute atomic E-state index is 12.3. The number of esters is 1. The lowest BCUT2D eigenvalue weighted by Crippen LogP contribution is -2.18. The quantitative estimate of drug-likeness (QED) is 0.812. The largest absolute Gasteiger partial charge is 0.466 e. The average Bonchev–Trinajstić information content (AvgIpc) is 2.96. The van der Waals surface area contributed by atoms with E-state index < -0.39 is 0 Å². The topological polar surface area (TPSA) is 92.8 Å². The molecule has 132 valence electrons. The number of nitrogens with one attached hydrogen (secondary N) is 2. The molecule has 2 fully saturated rings. The van der Waals surface area contributed by atoms with E-state index in [1.54, 1.807) is 0 Å². The first-order chi connectivity index (χ1) is 12.0. The van der Waals surface area contributed by atoms with Gasteiger partial charge in [-0.3, -0.25) is 9.89 Å². The second-order valence-electron chi connectivity index (χ2n) is 7.15. The fourth-order valence-electron chi connectivity index (χ4n) is 4.16. The molecule has 7 nitrogen and oxygen atoms in total. The van der Waals surface area contributed by atoms with Crippen LogP contribution in [0.4, 0.5) is 11.8 Å². The maximum Gasteiger partial charge on any atom is 0.312 e. The minimum absolute atomic E-state index is 0.0291. The molecule has 2 aromatic heterocycles. The first kappa shape index (κ1) is 16.1. The number of rotatable bonds is 5. The number of ether oxygens (including phenoxy) is 1. The van der Waals surface area contributed by atoms with Gasteiger partial charge in [-0.1, -0.05) is 0 Å². The van der Waals surface area contributed by atoms with Crippen LogP contribution in [0.2, 0.25) is 0 Å². The van der Waals surface area contributed by atoms with E-state index in [1.807, 2.05) is 32.9 Å². The van der Waals surface area contributed by atoms with Crippen molar-refractivity contribution in [1.82, 2.24) is 20.2 Å². The van der Waals surface area contributed by atoms with E-state index in [0.29, 0.717) is 30.2 Å². The van der Waals surface area contributed by atoms with Crippen molar-refractivity contribution in [3.63, 3.8) is 0 Å². The van der Waals surface area contributed by atoms with Crippen LogP contribution in [0.5, 0.6) is 0 Å². The SMILES string of the molecule is CCOC(=O)[C@]12CC[C@@H](c3cc(C)nc(Nc4cc(C)[nH]n4)n3)C1C2. The summed E-state index contributed by atoms with van der Waals surface area (Å²) < 4.78 is 5.29. The van der Waals surface area contributed by atoms with Crippen LogP contribution in [0.3, 0.4) is 0 Å². The zero-order valence-corrected chi connectivity index (χ0v) is 14.8. The van der Waals surface area contributed by atoms with Crippen molar-refractivity contribution in [1.29, 1.82) is 0 Å². The minimum Gasteiger partial charge on any atom is -0.466 e. The molecule has 0 spiro atoms. The third kappa shape index (κ3) is 2.77. The Labute approximate surface area is 146 Å². The first-order valence-corrected chi connectivity index (χ1v) is 8.83. The Morgan fingerprint density at radius 1 is 1.40 bits per heavy atom. The molecule has 1 unspecified atom stereocenters. The maximum atomic E-state index is 12.3. The molecule has 0 radical (unpaired) electrons. The van der Waals surface area contributed by atoms with E-state index in [1.165, 1.54) is 0 Å². The van der Waals surface area contributed by atoms with Gasteiger partial charge < -0.3 is 10.1 Å². The Morgan fingerprint density at radius 3 is 2.92 bits per heavy atom. The average molecular weight is 341 g/mol. The predicted octanol–water partition coefficient (Wildman–Crippen LogP) is 3.01. The second-order valence-corrected chi connectivity index (χ2v) is 7.15. The number of nitrogens with zero attached hydrogens (tertiary/aromatic N) is 3. The number of aromatic amines is 1. The van der Waals surface area contributed by atoms with Gasteiger partial charge in [0.15, 0.2) is 5.82 Å². The Kier molecular flexibility index (Phi) is 3.74. The van der Waals surface area contributed by atoms with Crippen molar-refractivity contribution in [3.8, 4) is 0 Å². The molecule has 3 atom stereocenters. The summed E-state index contributed by atoms with van der Waals surface area (Å²) >= 11 is 0. The number of hydrogen-bond acceptors (Lipinski definition) is 6. The van der Waals surface area contributed by atoms with E-state index in [-0.39, 0.29) is 11.4 Å². The van der Waals surface area contributed by atoms with Crippen molar-refractivity contribution in [2.45, 2.75) is 46.0 Å². The number of aryl methyl sites for hydroxylation is 2. The van der Waals surface area contributed by atoms with Crippen molar-refractivity contribution in [2.75, 3.05) is 11.9 Å². The van der Waals surface area contributed by atoms with Crippen molar-refractivity contribution < 1.29 is 9.53 Å². The van der Waals surface area contributed by atoms with E-state index in [2.05, 4.69) is 20.5 Å². The molecule has 4 rings (SSSR count). The molecule has 2 N–H and O–H groups in total. The summed E-state index contributed by atoms with van der Waals surface area (Å²) in [6, 6.07) is 3.94. The third-order valence-corrected chi connectivity index (χ3v) is 5.40. The summed E-state index contributed by atoms with van der Waals surface area (Å²) in [6.45, 7) is 6.22. The summed E-state index contributed by atoms with van der Waals surface area (Å²) in [6.07, 6.45) is 2.79. The Bertz CT molecular complexity index is 818. The van der Waals surface area contributed by atoms with Crippen LogP contribution in [0, 0.1) is 25.2 Å². The fourth-order valence-corrected chi connectivity index (χ4v) is 4.16. The summed E-state index contributed by atoms with van der Waals surface area (Å²) in [4.78, 5) is 21.5. The third-order valence-electron chi connectivity index (χ3n) is 5.40. The van der Waals surface area contributed by atoms with Crippen LogP contribution in [0.15, 0.2) is 12.1 Å². The number of carbonyl (C=O) groups is 1. The van der Waals surface area contributed by atoms with Crippen molar-refractivity contribution in [3.05, 3.63) is 29.2 Å². The summed E-state index contributed by atoms with van der Waals surface area (Å²) in [5.41, 5.74) is 2.64. The highest BCUT2D eigenvalue weighted by Gasteiger charge is 2.67. The van der Waals surface area contributed by atoms with E-state index in [9.17, 15) is 4.79 Å². The molecule has 7 heteroatoms. The normalized spacial score (nSPS) is 27.0. The summed E-state index contributed by atoms with van der Waals surface area (Å²) in [5, 5.41) is 10.2. The van der Waals surface area contributed by atoms with Crippen LogP contribution in [0.25, 0.3) is 0 Å². The molecule has 2 aliphatic carbocycles. The second kappa shape index (κ2) is 5.82. The van der Waals surface area contributed by atoms with Crippen LogP contribution >= 0.6 is 0 Å². The summed E-state index contributed by atoms with van der Waals surface area (Å²) in [7, 11) is 0. The van der Waals surface area contributed by atoms with Crippen molar-refractivity contribution >= 4 is 17.7 Å². The lowest BCUT2D eigenvalue weighted by atomic mass is 9.99. The zero-order valence-electron chi connectivity index (χ0n) is 14.8. The lowest BCUT2D eigenvalue weighted by Gasteiger charge is -2.13. The van der Waals surface area contributed by atoms with Gasteiger partial charge >= 0.3 is 5.97 Å². The van der Waals surface area contributed by atoms with Gasteiger partial charge in [0, 0.05) is 29.1 Å². The molecule has 2 saturated carbocycles. The molecule has 0 aromatic carbocycles. The van der Waals surface area contributed by atoms with Gasteiger partial charge in [-0.15, -0.1) is 0 Å². The Balaban J connectivity index is 1.55. The van der Waals surface area contributed by atoms with Gasteiger partial charge in [0.25, 0.3) is 0 Å². The number of carbonyl (C=O) groups excluding carboxylic acids is 1. The highest BCUT2D eigenvalue weighted by Crippen LogP contribution is 2.69. The van der Waals surface area contributed by atoms with Gasteiger partial charge in [-0.25, -0.2) is 9.97 Å². The van der Waals surface area contributed by atoms with E-state index in [4.69, 9.17) is 9.72 Å². The van der Waals surface area contributed by atoms with Crippen LogP contribution in [-0.4, -0.2) is 32.7 Å². The molecular formula is C18H23N5O2. The van der Waals surface area contributed by atoms with Gasteiger partial charge in [0.2, 0.25) is 5.95 Å². The van der Waals surface area contributed by atoms with Crippen LogP contribution in [0.1, 0.15) is 49.2 Å². The number of hydrogen-bond donors (Lipinski definition) is 2. The monoisotopic (exact) mass is 341 g/mol. The van der Waals surface area contributed by atoms with Gasteiger partial charge in [-0.05, 0) is 52.0 Å². The molecule has 0 aliphatic heterocycles. The van der Waals surface area contributed by atoms with Gasteiger partial charge in [0.05, 0.1) is 12.0 Å². The number of anilines is 2. The first-order valence-electron chi connectivity index (χ1n) is 8.83. The highest BCUT2D eigenvalue weighted by molar-refractivity contribution is 5.81. The molecule has 0 bridgehead atoms. The smallest absolute Gasteiger partial charge is 0.312 e. The minimum atomic E-state index is -0.258. The number of H-pyrrole nitrogens is 1.